The molecule has 2 aromatic carbocycles. The molecule has 2 aliphatic carbocycles. The van der Waals surface area contributed by atoms with Gasteiger partial charge in [0.1, 0.15) is 0 Å². The van der Waals surface area contributed by atoms with E-state index in [1.54, 1.807) is 30.3 Å². The summed E-state index contributed by atoms with van der Waals surface area (Å²) < 4.78 is 58.8. The molecule has 2 saturated carbocycles. The first-order valence-corrected chi connectivity index (χ1v) is 13.6. The van der Waals surface area contributed by atoms with Gasteiger partial charge in [-0.05, 0) is 98.1 Å². The predicted molar refractivity (Wildman–Crippen MR) is 135 cm³/mol. The number of hydrogen-bond acceptors (Lipinski definition) is 0. The SMILES string of the molecule is CCCc1ccc(C2CCC(C=Cc3ccc(C4CCC(CC)CC4)c(F)c3F)CC2)c(F)c1F. The molecule has 0 atom stereocenters. The lowest BCUT2D eigenvalue weighted by molar-refractivity contribution is 0.312. The van der Waals surface area contributed by atoms with Crippen molar-refractivity contribution in [2.75, 3.05) is 0 Å². The van der Waals surface area contributed by atoms with Crippen LogP contribution in [0.1, 0.15) is 112 Å². The Morgan fingerprint density at radius 2 is 1.26 bits per heavy atom. The largest absolute Gasteiger partial charge is 0.203 e. The zero-order chi connectivity index (χ0) is 24.9. The lowest BCUT2D eigenvalue weighted by atomic mass is 9.77. The molecule has 0 spiro atoms. The molecule has 0 nitrogen and oxygen atoms in total. The monoisotopic (exact) mass is 486 g/mol. The molecule has 0 radical (unpaired) electrons. The number of aryl methyl sites for hydroxylation is 1. The van der Waals surface area contributed by atoms with Gasteiger partial charge < -0.3 is 0 Å². The average molecular weight is 487 g/mol. The van der Waals surface area contributed by atoms with Crippen LogP contribution in [0.5, 0.6) is 0 Å². The van der Waals surface area contributed by atoms with Gasteiger partial charge in [-0.25, -0.2) is 17.6 Å². The van der Waals surface area contributed by atoms with E-state index in [-0.39, 0.29) is 23.3 Å². The number of rotatable bonds is 7. The van der Waals surface area contributed by atoms with Crippen molar-refractivity contribution in [1.29, 1.82) is 0 Å². The first-order valence-electron chi connectivity index (χ1n) is 13.6. The van der Waals surface area contributed by atoms with Gasteiger partial charge in [-0.1, -0.05) is 63.1 Å². The molecule has 0 aromatic heterocycles. The maximum atomic E-state index is 14.9. The Morgan fingerprint density at radius 3 is 1.86 bits per heavy atom. The normalized spacial score (nSPS) is 25.3. The molecule has 0 saturated heterocycles. The Kier molecular flexibility index (Phi) is 8.73. The molecule has 0 unspecified atom stereocenters. The van der Waals surface area contributed by atoms with Crippen LogP contribution >= 0.6 is 0 Å². The third kappa shape index (κ3) is 5.84. The van der Waals surface area contributed by atoms with Crippen molar-refractivity contribution in [1.82, 2.24) is 0 Å². The van der Waals surface area contributed by atoms with Crippen molar-refractivity contribution in [3.8, 4) is 0 Å². The Bertz CT molecular complexity index is 1020. The summed E-state index contributed by atoms with van der Waals surface area (Å²) in [6, 6.07) is 6.95. The van der Waals surface area contributed by atoms with Crippen molar-refractivity contribution >= 4 is 6.08 Å². The summed E-state index contributed by atoms with van der Waals surface area (Å²) >= 11 is 0. The van der Waals surface area contributed by atoms with Crippen molar-refractivity contribution in [3.63, 3.8) is 0 Å². The van der Waals surface area contributed by atoms with Crippen LogP contribution in [-0.4, -0.2) is 0 Å². The fourth-order valence-corrected chi connectivity index (χ4v) is 6.15. The van der Waals surface area contributed by atoms with Gasteiger partial charge in [0, 0.05) is 5.56 Å². The molecule has 0 heterocycles. The second kappa shape index (κ2) is 11.8. The van der Waals surface area contributed by atoms with E-state index in [4.69, 9.17) is 0 Å². The fraction of sp³-hybridized carbons (Fsp3) is 0.548. The van der Waals surface area contributed by atoms with Crippen LogP contribution in [0.25, 0.3) is 6.08 Å². The van der Waals surface area contributed by atoms with Crippen molar-refractivity contribution in [3.05, 3.63) is 75.9 Å². The predicted octanol–water partition coefficient (Wildman–Crippen LogP) is 9.87. The van der Waals surface area contributed by atoms with Gasteiger partial charge in [0.25, 0.3) is 0 Å². The molecule has 190 valence electrons. The van der Waals surface area contributed by atoms with E-state index in [1.807, 2.05) is 13.0 Å². The highest BCUT2D eigenvalue weighted by Crippen LogP contribution is 2.40. The topological polar surface area (TPSA) is 0 Å². The lowest BCUT2D eigenvalue weighted by Crippen LogP contribution is -2.14. The summed E-state index contributed by atoms with van der Waals surface area (Å²) in [6.45, 7) is 4.15. The molecule has 0 N–H and O–H groups in total. The van der Waals surface area contributed by atoms with E-state index in [9.17, 15) is 17.6 Å². The van der Waals surface area contributed by atoms with Crippen LogP contribution in [0, 0.1) is 35.1 Å². The van der Waals surface area contributed by atoms with Crippen LogP contribution in [0.15, 0.2) is 30.3 Å². The van der Waals surface area contributed by atoms with E-state index < -0.39 is 23.3 Å². The molecule has 2 aliphatic rings. The van der Waals surface area contributed by atoms with E-state index in [0.717, 1.165) is 64.2 Å². The van der Waals surface area contributed by atoms with Crippen molar-refractivity contribution < 1.29 is 17.6 Å². The van der Waals surface area contributed by atoms with Gasteiger partial charge in [-0.3, -0.25) is 0 Å². The number of hydrogen-bond donors (Lipinski definition) is 0. The van der Waals surface area contributed by atoms with E-state index in [1.165, 1.54) is 0 Å². The molecule has 35 heavy (non-hydrogen) atoms. The standard InChI is InChI=1S/C31H38F4/c1-3-5-24-16-18-26(30(34)28(24)32)23-13-8-21(9-14-23)10-15-25-17-19-27(31(35)29(25)33)22-11-6-20(4-2)7-12-22/h10,15-23H,3-9,11-14H2,1-2H3. The minimum Gasteiger partial charge on any atom is -0.203 e. The Morgan fingerprint density at radius 1 is 0.686 bits per heavy atom. The van der Waals surface area contributed by atoms with Crippen LogP contribution < -0.4 is 0 Å². The smallest absolute Gasteiger partial charge is 0.166 e. The average Bonchev–Trinajstić information content (AvgIpc) is 2.88. The second-order valence-electron chi connectivity index (χ2n) is 10.7. The highest BCUT2D eigenvalue weighted by atomic mass is 19.2. The molecule has 0 aliphatic heterocycles. The zero-order valence-electron chi connectivity index (χ0n) is 21.1. The Balaban J connectivity index is 1.37. The highest BCUT2D eigenvalue weighted by molar-refractivity contribution is 5.52. The van der Waals surface area contributed by atoms with Gasteiger partial charge in [-0.2, -0.15) is 0 Å². The molecular formula is C31H38F4. The van der Waals surface area contributed by atoms with Crippen molar-refractivity contribution in [2.45, 2.75) is 96.3 Å². The maximum Gasteiger partial charge on any atom is 0.166 e. The van der Waals surface area contributed by atoms with Gasteiger partial charge in [0.15, 0.2) is 23.3 Å². The molecule has 0 amide bonds. The van der Waals surface area contributed by atoms with E-state index in [0.29, 0.717) is 29.0 Å². The van der Waals surface area contributed by atoms with Crippen molar-refractivity contribution in [2.24, 2.45) is 11.8 Å². The molecule has 4 heteroatoms. The highest BCUT2D eigenvalue weighted by Gasteiger charge is 2.27. The van der Waals surface area contributed by atoms with Crippen LogP contribution in [-0.2, 0) is 6.42 Å². The molecule has 2 fully saturated rings. The summed E-state index contributed by atoms with van der Waals surface area (Å²) in [5.41, 5.74) is 1.73. The van der Waals surface area contributed by atoms with Crippen LogP contribution in [0.4, 0.5) is 17.6 Å². The summed E-state index contributed by atoms with van der Waals surface area (Å²) in [7, 11) is 0. The second-order valence-corrected chi connectivity index (χ2v) is 10.7. The summed E-state index contributed by atoms with van der Waals surface area (Å²) in [5.74, 6) is -1.79. The first kappa shape index (κ1) is 26.0. The van der Waals surface area contributed by atoms with Gasteiger partial charge >= 0.3 is 0 Å². The van der Waals surface area contributed by atoms with Gasteiger partial charge in [0.05, 0.1) is 0 Å². The molecule has 2 aromatic rings. The molecule has 0 bridgehead atoms. The Labute approximate surface area is 207 Å². The Hall–Kier alpha value is -2.10. The maximum absolute atomic E-state index is 14.9. The third-order valence-electron chi connectivity index (χ3n) is 8.48. The number of allylic oxidation sites excluding steroid dienone is 1. The van der Waals surface area contributed by atoms with Crippen LogP contribution in [0.3, 0.4) is 0 Å². The van der Waals surface area contributed by atoms with Crippen LogP contribution in [0.2, 0.25) is 0 Å². The minimum atomic E-state index is -0.755. The summed E-state index contributed by atoms with van der Waals surface area (Å²) in [6.07, 6.45) is 13.3. The van der Waals surface area contributed by atoms with E-state index in [2.05, 4.69) is 6.92 Å². The fourth-order valence-electron chi connectivity index (χ4n) is 6.15. The summed E-state index contributed by atoms with van der Waals surface area (Å²) in [5, 5.41) is 0. The number of benzene rings is 2. The van der Waals surface area contributed by atoms with E-state index >= 15 is 0 Å². The zero-order valence-corrected chi connectivity index (χ0v) is 21.1. The van der Waals surface area contributed by atoms with Gasteiger partial charge in [0.2, 0.25) is 0 Å². The number of halogens is 4. The first-order chi connectivity index (χ1) is 16.9. The summed E-state index contributed by atoms with van der Waals surface area (Å²) in [4.78, 5) is 0. The third-order valence-corrected chi connectivity index (χ3v) is 8.48. The minimum absolute atomic E-state index is 0.00101. The molecular weight excluding hydrogens is 448 g/mol. The quantitative estimate of drug-likeness (QED) is 0.342. The van der Waals surface area contributed by atoms with Gasteiger partial charge in [-0.15, -0.1) is 0 Å². The lowest BCUT2D eigenvalue weighted by Gasteiger charge is -2.28. The molecule has 4 rings (SSSR count).